The quantitative estimate of drug-likeness (QED) is 0.821. The first kappa shape index (κ1) is 11.5. The van der Waals surface area contributed by atoms with Crippen LogP contribution in [0.1, 0.15) is 11.3 Å². The summed E-state index contributed by atoms with van der Waals surface area (Å²) in [6.07, 6.45) is 0. The van der Waals surface area contributed by atoms with E-state index in [9.17, 15) is 9.90 Å². The van der Waals surface area contributed by atoms with Gasteiger partial charge in [-0.15, -0.1) is 0 Å². The molecule has 0 aliphatic heterocycles. The first-order chi connectivity index (χ1) is 8.08. The number of methoxy groups -OCH3 is 1. The van der Waals surface area contributed by atoms with Crippen molar-refractivity contribution in [2.24, 2.45) is 0 Å². The van der Waals surface area contributed by atoms with Crippen LogP contribution in [0.5, 0.6) is 11.5 Å². The number of aliphatic hydroxyl groups excluding tert-OH is 1. The number of phenolic OH excluding ortho intramolecular Hbond substituents is 1. The zero-order valence-corrected chi connectivity index (χ0v) is 9.48. The van der Waals surface area contributed by atoms with Crippen LogP contribution in [-0.4, -0.2) is 17.3 Å². The van der Waals surface area contributed by atoms with E-state index in [0.717, 1.165) is 0 Å². The molecular weight excluding hydrogens is 224 g/mol. The summed E-state index contributed by atoms with van der Waals surface area (Å²) in [5, 5.41) is 19.4. The Bertz CT molecular complexity index is 627. The van der Waals surface area contributed by atoms with Gasteiger partial charge < -0.3 is 19.4 Å². The molecule has 0 amide bonds. The SMILES string of the molecule is COc1cc(O)c2c(=O)oc(CO)c(C)c2c1. The minimum absolute atomic E-state index is 0.0977. The maximum Gasteiger partial charge on any atom is 0.347 e. The van der Waals surface area contributed by atoms with Crippen molar-refractivity contribution >= 4 is 10.8 Å². The molecule has 1 aromatic carbocycles. The molecule has 0 aliphatic carbocycles. The Kier molecular flexibility index (Phi) is 2.77. The topological polar surface area (TPSA) is 79.9 Å². The lowest BCUT2D eigenvalue weighted by atomic mass is 10.1. The average Bonchev–Trinajstić information content (AvgIpc) is 2.32. The highest BCUT2D eigenvalue weighted by Gasteiger charge is 2.14. The Labute approximate surface area is 96.9 Å². The summed E-state index contributed by atoms with van der Waals surface area (Å²) in [7, 11) is 1.47. The third-order valence-corrected chi connectivity index (χ3v) is 2.71. The maximum atomic E-state index is 11.7. The van der Waals surface area contributed by atoms with Gasteiger partial charge in [0.1, 0.15) is 29.3 Å². The van der Waals surface area contributed by atoms with E-state index in [0.29, 0.717) is 16.7 Å². The highest BCUT2D eigenvalue weighted by Crippen LogP contribution is 2.30. The van der Waals surface area contributed by atoms with Crippen LogP contribution in [0, 0.1) is 6.92 Å². The van der Waals surface area contributed by atoms with Crippen LogP contribution in [0.25, 0.3) is 10.8 Å². The number of aryl methyl sites for hydroxylation is 1. The number of rotatable bonds is 2. The van der Waals surface area contributed by atoms with Gasteiger partial charge in [0.05, 0.1) is 7.11 Å². The Morgan fingerprint density at radius 1 is 1.41 bits per heavy atom. The maximum absolute atomic E-state index is 11.7. The van der Waals surface area contributed by atoms with E-state index in [1.54, 1.807) is 13.0 Å². The molecule has 0 unspecified atom stereocenters. The van der Waals surface area contributed by atoms with Crippen molar-refractivity contribution in [3.8, 4) is 11.5 Å². The molecule has 0 spiro atoms. The van der Waals surface area contributed by atoms with E-state index in [1.807, 2.05) is 0 Å². The van der Waals surface area contributed by atoms with Gasteiger partial charge in [-0.3, -0.25) is 0 Å². The summed E-state index contributed by atoms with van der Waals surface area (Å²) >= 11 is 0. The Morgan fingerprint density at radius 2 is 2.12 bits per heavy atom. The standard InChI is InChI=1S/C12H12O5/c1-6-8-3-7(16-2)4-9(14)11(8)12(15)17-10(6)5-13/h3-4,13-14H,5H2,1-2H3. The fourth-order valence-corrected chi connectivity index (χ4v) is 1.77. The second kappa shape index (κ2) is 4.10. The lowest BCUT2D eigenvalue weighted by molar-refractivity contribution is 0.239. The molecule has 5 nitrogen and oxygen atoms in total. The predicted octanol–water partition coefficient (Wildman–Crippen LogP) is 1.31. The van der Waals surface area contributed by atoms with Crippen LogP contribution in [0.3, 0.4) is 0 Å². The molecule has 5 heteroatoms. The Balaban J connectivity index is 2.95. The second-order valence-electron chi connectivity index (χ2n) is 3.66. The highest BCUT2D eigenvalue weighted by atomic mass is 16.5. The number of aromatic hydroxyl groups is 1. The van der Waals surface area contributed by atoms with Gasteiger partial charge >= 0.3 is 5.63 Å². The monoisotopic (exact) mass is 236 g/mol. The van der Waals surface area contributed by atoms with Crippen LogP contribution in [0.15, 0.2) is 21.3 Å². The number of hydrogen-bond donors (Lipinski definition) is 2. The Hall–Kier alpha value is -2.01. The van der Waals surface area contributed by atoms with Crippen molar-refractivity contribution in [3.63, 3.8) is 0 Å². The molecule has 0 atom stereocenters. The van der Waals surface area contributed by atoms with E-state index in [4.69, 9.17) is 14.3 Å². The number of hydrogen-bond acceptors (Lipinski definition) is 5. The number of phenols is 1. The van der Waals surface area contributed by atoms with Crippen LogP contribution >= 0.6 is 0 Å². The molecule has 2 rings (SSSR count). The molecule has 0 saturated heterocycles. The van der Waals surface area contributed by atoms with E-state index in [-0.39, 0.29) is 23.5 Å². The molecule has 0 aliphatic rings. The lowest BCUT2D eigenvalue weighted by Gasteiger charge is -2.08. The second-order valence-corrected chi connectivity index (χ2v) is 3.66. The van der Waals surface area contributed by atoms with Gasteiger partial charge in [-0.2, -0.15) is 0 Å². The molecule has 0 bridgehead atoms. The smallest absolute Gasteiger partial charge is 0.347 e. The van der Waals surface area contributed by atoms with Gasteiger partial charge in [-0.05, 0) is 18.6 Å². The molecule has 17 heavy (non-hydrogen) atoms. The van der Waals surface area contributed by atoms with Crippen LogP contribution in [-0.2, 0) is 6.61 Å². The van der Waals surface area contributed by atoms with Gasteiger partial charge in [0, 0.05) is 11.5 Å². The zero-order chi connectivity index (χ0) is 12.6. The average molecular weight is 236 g/mol. The summed E-state index contributed by atoms with van der Waals surface area (Å²) in [5.74, 6) is 0.434. The van der Waals surface area contributed by atoms with E-state index in [1.165, 1.54) is 13.2 Å². The summed E-state index contributed by atoms with van der Waals surface area (Å²) in [5.41, 5.74) is -0.0638. The van der Waals surface area contributed by atoms with E-state index < -0.39 is 5.63 Å². The van der Waals surface area contributed by atoms with Crippen molar-refractivity contribution in [2.75, 3.05) is 7.11 Å². The lowest BCUT2D eigenvalue weighted by Crippen LogP contribution is -2.05. The fraction of sp³-hybridized carbons (Fsp3) is 0.250. The number of ether oxygens (including phenoxy) is 1. The first-order valence-corrected chi connectivity index (χ1v) is 5.02. The molecule has 0 fully saturated rings. The number of benzene rings is 1. The van der Waals surface area contributed by atoms with Gasteiger partial charge in [0.15, 0.2) is 0 Å². The van der Waals surface area contributed by atoms with Gasteiger partial charge in [-0.1, -0.05) is 0 Å². The molecule has 1 aromatic heterocycles. The first-order valence-electron chi connectivity index (χ1n) is 5.02. The Morgan fingerprint density at radius 3 is 2.71 bits per heavy atom. The molecule has 90 valence electrons. The molecular formula is C12H12O5. The van der Waals surface area contributed by atoms with Gasteiger partial charge in [0.2, 0.25) is 0 Å². The molecule has 2 aromatic rings. The van der Waals surface area contributed by atoms with Gasteiger partial charge in [0.25, 0.3) is 0 Å². The third-order valence-electron chi connectivity index (χ3n) is 2.71. The van der Waals surface area contributed by atoms with Gasteiger partial charge in [-0.25, -0.2) is 4.79 Å². The summed E-state index contributed by atoms with van der Waals surface area (Å²) in [4.78, 5) is 11.7. The minimum atomic E-state index is -0.671. The third kappa shape index (κ3) is 1.74. The van der Waals surface area contributed by atoms with Crippen LogP contribution in [0.2, 0.25) is 0 Å². The summed E-state index contributed by atoms with van der Waals surface area (Å²) < 4.78 is 9.93. The molecule has 0 radical (unpaired) electrons. The van der Waals surface area contributed by atoms with Crippen LogP contribution in [0.4, 0.5) is 0 Å². The largest absolute Gasteiger partial charge is 0.507 e. The summed E-state index contributed by atoms with van der Waals surface area (Å²) in [6.45, 7) is 1.34. The molecule has 0 saturated carbocycles. The highest BCUT2D eigenvalue weighted by molar-refractivity contribution is 5.91. The van der Waals surface area contributed by atoms with Crippen molar-refractivity contribution < 1.29 is 19.4 Å². The zero-order valence-electron chi connectivity index (χ0n) is 9.48. The van der Waals surface area contributed by atoms with Crippen molar-refractivity contribution in [1.29, 1.82) is 0 Å². The van der Waals surface area contributed by atoms with E-state index >= 15 is 0 Å². The van der Waals surface area contributed by atoms with E-state index in [2.05, 4.69) is 0 Å². The van der Waals surface area contributed by atoms with Crippen LogP contribution < -0.4 is 10.4 Å². The fourth-order valence-electron chi connectivity index (χ4n) is 1.77. The number of fused-ring (bicyclic) bond motifs is 1. The normalized spacial score (nSPS) is 10.8. The molecule has 2 N–H and O–H groups in total. The van der Waals surface area contributed by atoms with Crippen molar-refractivity contribution in [1.82, 2.24) is 0 Å². The van der Waals surface area contributed by atoms with Crippen molar-refractivity contribution in [3.05, 3.63) is 33.9 Å². The summed E-state index contributed by atoms with van der Waals surface area (Å²) in [6, 6.07) is 2.97. The minimum Gasteiger partial charge on any atom is -0.507 e. The predicted molar refractivity (Wildman–Crippen MR) is 61.4 cm³/mol. The van der Waals surface area contributed by atoms with Crippen molar-refractivity contribution in [2.45, 2.75) is 13.5 Å². The number of aliphatic hydroxyl groups is 1. The molecule has 1 heterocycles.